The van der Waals surface area contributed by atoms with Crippen molar-refractivity contribution in [2.75, 3.05) is 6.54 Å². The molecule has 2 rings (SSSR count). The molecule has 21 heavy (non-hydrogen) atoms. The van der Waals surface area contributed by atoms with Crippen molar-refractivity contribution in [3.8, 4) is 0 Å². The van der Waals surface area contributed by atoms with Gasteiger partial charge in [-0.1, -0.05) is 37.0 Å². The molecule has 0 amide bonds. The van der Waals surface area contributed by atoms with E-state index in [0.717, 1.165) is 19.4 Å². The van der Waals surface area contributed by atoms with Crippen LogP contribution in [0.5, 0.6) is 0 Å². The van der Waals surface area contributed by atoms with Crippen LogP contribution >= 0.6 is 23.2 Å². The van der Waals surface area contributed by atoms with Crippen molar-refractivity contribution in [3.05, 3.63) is 28.2 Å². The average molecular weight is 350 g/mol. The predicted octanol–water partition coefficient (Wildman–Crippen LogP) is 3.93. The molecule has 6 heteroatoms. The minimum atomic E-state index is -3.41. The van der Waals surface area contributed by atoms with Crippen LogP contribution in [0.25, 0.3) is 0 Å². The lowest BCUT2D eigenvalue weighted by Gasteiger charge is -2.35. The predicted molar refractivity (Wildman–Crippen MR) is 87.9 cm³/mol. The van der Waals surface area contributed by atoms with E-state index in [4.69, 9.17) is 23.2 Å². The first-order valence-electron chi connectivity index (χ1n) is 7.28. The van der Waals surface area contributed by atoms with Gasteiger partial charge in [0, 0.05) is 6.04 Å². The van der Waals surface area contributed by atoms with Crippen molar-refractivity contribution < 1.29 is 8.42 Å². The van der Waals surface area contributed by atoms with Gasteiger partial charge in [-0.25, -0.2) is 8.42 Å². The molecule has 3 nitrogen and oxygen atoms in total. The Bertz CT molecular complexity index is 604. The van der Waals surface area contributed by atoms with E-state index in [2.05, 4.69) is 12.2 Å². The second kappa shape index (κ2) is 6.86. The highest BCUT2D eigenvalue weighted by atomic mass is 35.5. The van der Waals surface area contributed by atoms with Crippen molar-refractivity contribution in [3.63, 3.8) is 0 Å². The number of hydrogen-bond donors (Lipinski definition) is 1. The minimum Gasteiger partial charge on any atom is -0.313 e. The Kier molecular flexibility index (Phi) is 5.58. The molecule has 0 saturated heterocycles. The molecule has 1 N–H and O–H groups in total. The summed E-state index contributed by atoms with van der Waals surface area (Å²) < 4.78 is 25.9. The molecule has 0 radical (unpaired) electrons. The van der Waals surface area contributed by atoms with Crippen LogP contribution in [0, 0.1) is 5.92 Å². The lowest BCUT2D eigenvalue weighted by atomic mass is 9.87. The fourth-order valence-corrected chi connectivity index (χ4v) is 5.49. The van der Waals surface area contributed by atoms with Gasteiger partial charge in [-0.2, -0.15) is 0 Å². The third-order valence-corrected chi connectivity index (χ3v) is 7.11. The summed E-state index contributed by atoms with van der Waals surface area (Å²) in [6, 6.07) is 4.56. The fourth-order valence-electron chi connectivity index (χ4n) is 3.00. The van der Waals surface area contributed by atoms with E-state index in [1.807, 2.05) is 6.92 Å². The molecule has 0 bridgehead atoms. The summed E-state index contributed by atoms with van der Waals surface area (Å²) >= 11 is 11.9. The number of sulfone groups is 1. The van der Waals surface area contributed by atoms with Crippen LogP contribution in [0.1, 0.15) is 33.1 Å². The molecule has 1 aliphatic carbocycles. The van der Waals surface area contributed by atoms with Gasteiger partial charge in [0.2, 0.25) is 0 Å². The Hall–Kier alpha value is -0.290. The molecule has 1 aromatic carbocycles. The zero-order chi connectivity index (χ0) is 15.6. The number of benzene rings is 1. The average Bonchev–Trinajstić information content (AvgIpc) is 2.44. The van der Waals surface area contributed by atoms with Crippen molar-refractivity contribution >= 4 is 33.0 Å². The van der Waals surface area contributed by atoms with Crippen LogP contribution in [0.3, 0.4) is 0 Å². The standard InChI is InChI=1S/C15H21Cl2NO2S/c1-3-18-14-7-4-10(2)8-15(14)21(19,20)11-5-6-12(16)13(17)9-11/h5-6,9-10,14-15,18H,3-4,7-8H2,1-2H3. The first-order valence-corrected chi connectivity index (χ1v) is 9.58. The summed E-state index contributed by atoms with van der Waals surface area (Å²) in [5, 5.41) is 3.56. The first-order chi connectivity index (χ1) is 9.86. The number of halogens is 2. The van der Waals surface area contributed by atoms with Crippen molar-refractivity contribution in [2.24, 2.45) is 5.92 Å². The molecule has 1 aliphatic rings. The van der Waals surface area contributed by atoms with E-state index in [0.29, 0.717) is 17.4 Å². The number of nitrogens with one attached hydrogen (secondary N) is 1. The Morgan fingerprint density at radius 3 is 2.57 bits per heavy atom. The van der Waals surface area contributed by atoms with Gasteiger partial charge in [0.1, 0.15) is 0 Å². The zero-order valence-corrected chi connectivity index (χ0v) is 14.6. The molecule has 3 unspecified atom stereocenters. The molecule has 0 heterocycles. The summed E-state index contributed by atoms with van der Waals surface area (Å²) in [4.78, 5) is 0.263. The van der Waals surface area contributed by atoms with E-state index < -0.39 is 15.1 Å². The second-order valence-corrected chi connectivity index (χ2v) is 8.72. The molecule has 118 valence electrons. The van der Waals surface area contributed by atoms with Gasteiger partial charge in [0.25, 0.3) is 0 Å². The van der Waals surface area contributed by atoms with Gasteiger partial charge in [-0.3, -0.25) is 0 Å². The molecule has 0 aliphatic heterocycles. The summed E-state index contributed by atoms with van der Waals surface area (Å²) in [5.74, 6) is 0.419. The summed E-state index contributed by atoms with van der Waals surface area (Å²) in [5.41, 5.74) is 0. The molecule has 0 spiro atoms. The topological polar surface area (TPSA) is 46.2 Å². The quantitative estimate of drug-likeness (QED) is 0.895. The van der Waals surface area contributed by atoms with Crippen LogP contribution in [-0.2, 0) is 9.84 Å². The summed E-state index contributed by atoms with van der Waals surface area (Å²) in [6.45, 7) is 4.88. The molecule has 0 aromatic heterocycles. The molecule has 1 fully saturated rings. The van der Waals surface area contributed by atoms with Crippen LogP contribution in [-0.4, -0.2) is 26.3 Å². The third-order valence-electron chi connectivity index (χ3n) is 4.14. The Morgan fingerprint density at radius 2 is 1.95 bits per heavy atom. The lowest BCUT2D eigenvalue weighted by molar-refractivity contribution is 0.311. The van der Waals surface area contributed by atoms with Gasteiger partial charge >= 0.3 is 0 Å². The van der Waals surface area contributed by atoms with Gasteiger partial charge in [0.05, 0.1) is 20.2 Å². The monoisotopic (exact) mass is 349 g/mol. The lowest BCUT2D eigenvalue weighted by Crippen LogP contribution is -2.47. The summed E-state index contributed by atoms with van der Waals surface area (Å²) in [7, 11) is -3.41. The third kappa shape index (κ3) is 3.73. The highest BCUT2D eigenvalue weighted by Crippen LogP contribution is 2.34. The maximum Gasteiger partial charge on any atom is 0.182 e. The minimum absolute atomic E-state index is 0.00523. The van der Waals surface area contributed by atoms with Crippen LogP contribution in [0.2, 0.25) is 10.0 Å². The highest BCUT2D eigenvalue weighted by molar-refractivity contribution is 7.92. The molecule has 3 atom stereocenters. The number of rotatable bonds is 4. The molecule has 1 saturated carbocycles. The normalized spacial score (nSPS) is 26.8. The van der Waals surface area contributed by atoms with E-state index in [9.17, 15) is 8.42 Å². The van der Waals surface area contributed by atoms with E-state index in [1.165, 1.54) is 6.07 Å². The van der Waals surface area contributed by atoms with Crippen molar-refractivity contribution in [1.82, 2.24) is 5.32 Å². The van der Waals surface area contributed by atoms with Crippen LogP contribution in [0.4, 0.5) is 0 Å². The largest absolute Gasteiger partial charge is 0.313 e. The van der Waals surface area contributed by atoms with E-state index >= 15 is 0 Å². The first kappa shape index (κ1) is 17.1. The number of hydrogen-bond acceptors (Lipinski definition) is 3. The van der Waals surface area contributed by atoms with Crippen LogP contribution < -0.4 is 5.32 Å². The fraction of sp³-hybridized carbons (Fsp3) is 0.600. The smallest absolute Gasteiger partial charge is 0.182 e. The van der Waals surface area contributed by atoms with Crippen molar-refractivity contribution in [1.29, 1.82) is 0 Å². The van der Waals surface area contributed by atoms with Gasteiger partial charge in [0.15, 0.2) is 9.84 Å². The maximum absolute atomic E-state index is 12.9. The summed E-state index contributed by atoms with van der Waals surface area (Å²) in [6.07, 6.45) is 2.63. The molecule has 1 aromatic rings. The Labute approximate surface area is 136 Å². The Morgan fingerprint density at radius 1 is 1.24 bits per heavy atom. The SMILES string of the molecule is CCNC1CCC(C)CC1S(=O)(=O)c1ccc(Cl)c(Cl)c1. The Balaban J connectivity index is 2.36. The van der Waals surface area contributed by atoms with Gasteiger partial charge in [-0.05, 0) is 49.9 Å². The highest BCUT2D eigenvalue weighted by Gasteiger charge is 2.38. The molecular weight excluding hydrogens is 329 g/mol. The second-order valence-electron chi connectivity index (χ2n) is 5.74. The van der Waals surface area contributed by atoms with E-state index in [1.54, 1.807) is 12.1 Å². The van der Waals surface area contributed by atoms with Crippen LogP contribution in [0.15, 0.2) is 23.1 Å². The maximum atomic E-state index is 12.9. The zero-order valence-electron chi connectivity index (χ0n) is 12.3. The van der Waals surface area contributed by atoms with Crippen molar-refractivity contribution in [2.45, 2.75) is 49.3 Å². The molecular formula is C15H21Cl2NO2S. The van der Waals surface area contributed by atoms with E-state index in [-0.39, 0.29) is 16.0 Å². The van der Waals surface area contributed by atoms with Gasteiger partial charge in [-0.15, -0.1) is 0 Å². The van der Waals surface area contributed by atoms with Gasteiger partial charge < -0.3 is 5.32 Å².